The van der Waals surface area contributed by atoms with Crippen molar-refractivity contribution < 1.29 is 9.90 Å². The first-order valence-corrected chi connectivity index (χ1v) is 4.89. The number of nitrogens with one attached hydrogen (secondary N) is 1. The molecular formula is C10H9ClN2O2. The summed E-state index contributed by atoms with van der Waals surface area (Å²) >= 11 is 5.77. The fourth-order valence-electron chi connectivity index (χ4n) is 1.37. The number of rotatable bonds is 1. The summed E-state index contributed by atoms with van der Waals surface area (Å²) in [4.78, 5) is 10.9. The van der Waals surface area contributed by atoms with Crippen LogP contribution in [0.3, 0.4) is 0 Å². The largest absolute Gasteiger partial charge is 0.506 e. The van der Waals surface area contributed by atoms with Gasteiger partial charge in [-0.3, -0.25) is 4.79 Å². The average molecular weight is 225 g/mol. The molecule has 0 unspecified atom stereocenters. The van der Waals surface area contributed by atoms with Gasteiger partial charge in [-0.05, 0) is 23.8 Å². The molecule has 78 valence electrons. The van der Waals surface area contributed by atoms with Gasteiger partial charge in [-0.1, -0.05) is 11.6 Å². The maximum atomic E-state index is 10.9. The van der Waals surface area contributed by atoms with Crippen LogP contribution in [0.4, 0.5) is 0 Å². The number of aromatic hydroxyl groups is 1. The third-order valence-electron chi connectivity index (χ3n) is 2.19. The first kappa shape index (κ1) is 9.98. The Morgan fingerprint density at radius 1 is 1.40 bits per heavy atom. The Bertz CT molecular complexity index is 443. The summed E-state index contributed by atoms with van der Waals surface area (Å²) in [6.45, 7) is 0. The zero-order valence-electron chi connectivity index (χ0n) is 7.83. The van der Waals surface area contributed by atoms with Crippen molar-refractivity contribution in [1.82, 2.24) is 5.43 Å². The second kappa shape index (κ2) is 3.90. The minimum atomic E-state index is -0.0800. The highest BCUT2D eigenvalue weighted by Gasteiger charge is 2.13. The molecule has 0 spiro atoms. The van der Waals surface area contributed by atoms with Crippen LogP contribution in [0.1, 0.15) is 18.4 Å². The molecule has 2 rings (SSSR count). The van der Waals surface area contributed by atoms with Crippen LogP contribution in [0.15, 0.2) is 23.3 Å². The first-order valence-electron chi connectivity index (χ1n) is 4.51. The fourth-order valence-corrected chi connectivity index (χ4v) is 1.55. The molecule has 15 heavy (non-hydrogen) atoms. The Balaban J connectivity index is 2.30. The molecule has 0 radical (unpaired) electrons. The normalized spacial score (nSPS) is 15.8. The number of hydrogen-bond acceptors (Lipinski definition) is 3. The molecule has 1 heterocycles. The SMILES string of the molecule is O=C1CCC(c2ccc(O)c(Cl)c2)=NN1. The maximum absolute atomic E-state index is 10.9. The molecule has 0 bridgehead atoms. The number of phenolic OH excluding ortho intramolecular Hbond substituents is 1. The van der Waals surface area contributed by atoms with Gasteiger partial charge in [-0.25, -0.2) is 5.43 Å². The van der Waals surface area contributed by atoms with Gasteiger partial charge in [-0.2, -0.15) is 5.10 Å². The van der Waals surface area contributed by atoms with E-state index >= 15 is 0 Å². The van der Waals surface area contributed by atoms with Crippen molar-refractivity contribution in [2.45, 2.75) is 12.8 Å². The number of hydrazone groups is 1. The van der Waals surface area contributed by atoms with Crippen LogP contribution in [0.5, 0.6) is 5.75 Å². The van der Waals surface area contributed by atoms with E-state index in [0.717, 1.165) is 11.3 Å². The molecule has 1 aromatic carbocycles. The van der Waals surface area contributed by atoms with Gasteiger partial charge < -0.3 is 5.11 Å². The van der Waals surface area contributed by atoms with Crippen LogP contribution in [0.2, 0.25) is 5.02 Å². The molecule has 0 saturated heterocycles. The number of halogens is 1. The lowest BCUT2D eigenvalue weighted by Crippen LogP contribution is -2.25. The summed E-state index contributed by atoms with van der Waals surface area (Å²) in [5.41, 5.74) is 4.00. The molecule has 1 aliphatic rings. The number of phenols is 1. The van der Waals surface area contributed by atoms with Gasteiger partial charge in [0.25, 0.3) is 0 Å². The third kappa shape index (κ3) is 2.10. The van der Waals surface area contributed by atoms with Gasteiger partial charge in [0.1, 0.15) is 5.75 Å². The molecule has 1 aromatic rings. The summed E-state index contributed by atoms with van der Waals surface area (Å²) < 4.78 is 0. The summed E-state index contributed by atoms with van der Waals surface area (Å²) in [7, 11) is 0. The number of carbonyl (C=O) groups excluding carboxylic acids is 1. The predicted molar refractivity (Wildman–Crippen MR) is 57.0 cm³/mol. The van der Waals surface area contributed by atoms with Crippen molar-refractivity contribution in [3.8, 4) is 5.75 Å². The molecule has 0 atom stereocenters. The Morgan fingerprint density at radius 2 is 2.20 bits per heavy atom. The minimum Gasteiger partial charge on any atom is -0.506 e. The van der Waals surface area contributed by atoms with E-state index in [1.54, 1.807) is 12.1 Å². The van der Waals surface area contributed by atoms with E-state index in [-0.39, 0.29) is 16.7 Å². The van der Waals surface area contributed by atoms with Gasteiger partial charge >= 0.3 is 0 Å². The van der Waals surface area contributed by atoms with Crippen LogP contribution >= 0.6 is 11.6 Å². The van der Waals surface area contributed by atoms with Crippen LogP contribution < -0.4 is 5.43 Å². The van der Waals surface area contributed by atoms with Crippen LogP contribution in [-0.4, -0.2) is 16.7 Å². The molecule has 0 aliphatic carbocycles. The Labute approximate surface area is 91.6 Å². The highest BCUT2D eigenvalue weighted by atomic mass is 35.5. The molecule has 1 amide bonds. The van der Waals surface area contributed by atoms with Crippen LogP contribution in [0.25, 0.3) is 0 Å². The summed E-state index contributed by atoms with van der Waals surface area (Å²) in [6.07, 6.45) is 1.02. The second-order valence-corrected chi connectivity index (χ2v) is 3.67. The van der Waals surface area contributed by atoms with Crippen molar-refractivity contribution >= 4 is 23.2 Å². The van der Waals surface area contributed by atoms with E-state index in [4.69, 9.17) is 11.6 Å². The smallest absolute Gasteiger partial charge is 0.240 e. The highest BCUT2D eigenvalue weighted by Crippen LogP contribution is 2.24. The quantitative estimate of drug-likeness (QED) is 0.762. The van der Waals surface area contributed by atoms with E-state index in [2.05, 4.69) is 10.5 Å². The van der Waals surface area contributed by atoms with Crippen molar-refractivity contribution in [2.75, 3.05) is 0 Å². The van der Waals surface area contributed by atoms with E-state index in [0.29, 0.717) is 12.8 Å². The fraction of sp³-hybridized carbons (Fsp3) is 0.200. The zero-order valence-corrected chi connectivity index (χ0v) is 8.58. The molecule has 0 aromatic heterocycles. The summed E-state index contributed by atoms with van der Waals surface area (Å²) in [5.74, 6) is -0.0375. The summed E-state index contributed by atoms with van der Waals surface area (Å²) in [5, 5.41) is 13.5. The number of nitrogens with zero attached hydrogens (tertiary/aromatic N) is 1. The number of benzene rings is 1. The van der Waals surface area contributed by atoms with Gasteiger partial charge in [0.15, 0.2) is 0 Å². The molecule has 0 fully saturated rings. The van der Waals surface area contributed by atoms with Crippen molar-refractivity contribution in [3.05, 3.63) is 28.8 Å². The summed E-state index contributed by atoms with van der Waals surface area (Å²) in [6, 6.07) is 4.86. The van der Waals surface area contributed by atoms with Gasteiger partial charge in [0, 0.05) is 12.8 Å². The lowest BCUT2D eigenvalue weighted by atomic mass is 10.0. The first-order chi connectivity index (χ1) is 7.16. The van der Waals surface area contributed by atoms with E-state index < -0.39 is 0 Å². The minimum absolute atomic E-state index is 0.0425. The Kier molecular flexibility index (Phi) is 2.60. The van der Waals surface area contributed by atoms with Crippen molar-refractivity contribution in [2.24, 2.45) is 5.10 Å². The van der Waals surface area contributed by atoms with Crippen LogP contribution in [-0.2, 0) is 4.79 Å². The monoisotopic (exact) mass is 224 g/mol. The zero-order chi connectivity index (χ0) is 10.8. The number of carbonyl (C=O) groups is 1. The highest BCUT2D eigenvalue weighted by molar-refractivity contribution is 6.32. The van der Waals surface area contributed by atoms with Crippen molar-refractivity contribution in [3.63, 3.8) is 0 Å². The molecular weight excluding hydrogens is 216 g/mol. The number of hydrogen-bond donors (Lipinski definition) is 2. The van der Waals surface area contributed by atoms with E-state index in [1.807, 2.05) is 0 Å². The molecule has 0 saturated carbocycles. The van der Waals surface area contributed by atoms with Crippen molar-refractivity contribution in [1.29, 1.82) is 0 Å². The van der Waals surface area contributed by atoms with E-state index in [9.17, 15) is 9.90 Å². The van der Waals surface area contributed by atoms with Gasteiger partial charge in [-0.15, -0.1) is 0 Å². The third-order valence-corrected chi connectivity index (χ3v) is 2.49. The maximum Gasteiger partial charge on any atom is 0.240 e. The molecule has 1 aliphatic heterocycles. The van der Waals surface area contributed by atoms with Gasteiger partial charge in [0.2, 0.25) is 5.91 Å². The molecule has 2 N–H and O–H groups in total. The number of amides is 1. The second-order valence-electron chi connectivity index (χ2n) is 3.26. The van der Waals surface area contributed by atoms with Gasteiger partial charge in [0.05, 0.1) is 10.7 Å². The Hall–Kier alpha value is -1.55. The van der Waals surface area contributed by atoms with E-state index in [1.165, 1.54) is 6.07 Å². The molecule has 5 heteroatoms. The predicted octanol–water partition coefficient (Wildman–Crippen LogP) is 1.66. The van der Waals surface area contributed by atoms with Crippen LogP contribution in [0, 0.1) is 0 Å². The Morgan fingerprint density at radius 3 is 2.80 bits per heavy atom. The molecule has 4 nitrogen and oxygen atoms in total. The lowest BCUT2D eigenvalue weighted by molar-refractivity contribution is -0.121. The standard InChI is InChI=1S/C10H9ClN2O2/c11-7-5-6(1-3-9(7)14)8-2-4-10(15)13-12-8/h1,3,5,14H,2,4H2,(H,13,15). The topological polar surface area (TPSA) is 61.7 Å². The lowest BCUT2D eigenvalue weighted by Gasteiger charge is -2.12. The average Bonchev–Trinajstić information content (AvgIpc) is 2.23.